The molecule has 0 aliphatic rings. The van der Waals surface area contributed by atoms with E-state index in [1.807, 2.05) is 0 Å². The predicted molar refractivity (Wildman–Crippen MR) is 68.7 cm³/mol. The van der Waals surface area contributed by atoms with Gasteiger partial charge in [0.05, 0.1) is 17.4 Å². The Kier molecular flexibility index (Phi) is 3.59. The Morgan fingerprint density at radius 2 is 2.11 bits per heavy atom. The van der Waals surface area contributed by atoms with Gasteiger partial charge in [0.15, 0.2) is 0 Å². The number of hydrogen-bond acceptors (Lipinski definition) is 5. The minimum absolute atomic E-state index is 0.0357. The second kappa shape index (κ2) is 5.16. The summed E-state index contributed by atoms with van der Waals surface area (Å²) in [5.74, 6) is -0.182. The number of rotatable bonds is 2. The molecule has 0 aliphatic carbocycles. The zero-order chi connectivity index (χ0) is 13.1. The molecule has 0 spiro atoms. The highest BCUT2D eigenvalue weighted by atomic mass is 35.5. The smallest absolute Gasteiger partial charge is 0.259 e. The summed E-state index contributed by atoms with van der Waals surface area (Å²) >= 11 is 11.3. The maximum absolute atomic E-state index is 11.9. The first kappa shape index (κ1) is 12.5. The first-order valence-electron chi connectivity index (χ1n) is 4.77. The molecule has 0 saturated carbocycles. The van der Waals surface area contributed by atoms with Crippen LogP contribution >= 0.6 is 23.2 Å². The average molecular weight is 284 g/mol. The zero-order valence-corrected chi connectivity index (χ0v) is 10.4. The van der Waals surface area contributed by atoms with Crippen LogP contribution in [0.25, 0.3) is 0 Å². The SMILES string of the molecule is Nc1cnc(Cl)cc1C(=O)Nc1ccnc(Cl)n1. The van der Waals surface area contributed by atoms with Crippen molar-refractivity contribution in [3.05, 3.63) is 40.5 Å². The molecule has 0 bridgehead atoms. The van der Waals surface area contributed by atoms with E-state index in [4.69, 9.17) is 28.9 Å². The maximum Gasteiger partial charge on any atom is 0.259 e. The third-order valence-electron chi connectivity index (χ3n) is 2.01. The van der Waals surface area contributed by atoms with Crippen LogP contribution in [0.15, 0.2) is 24.5 Å². The first-order chi connectivity index (χ1) is 8.56. The van der Waals surface area contributed by atoms with Crippen LogP contribution in [0.1, 0.15) is 10.4 Å². The fourth-order valence-electron chi connectivity index (χ4n) is 1.23. The van der Waals surface area contributed by atoms with Gasteiger partial charge >= 0.3 is 0 Å². The van der Waals surface area contributed by atoms with Crippen LogP contribution in [0.4, 0.5) is 11.5 Å². The summed E-state index contributed by atoms with van der Waals surface area (Å²) in [5.41, 5.74) is 6.07. The van der Waals surface area contributed by atoms with E-state index in [0.29, 0.717) is 0 Å². The van der Waals surface area contributed by atoms with E-state index in [1.54, 1.807) is 0 Å². The third-order valence-corrected chi connectivity index (χ3v) is 2.40. The van der Waals surface area contributed by atoms with Crippen molar-refractivity contribution in [1.29, 1.82) is 0 Å². The number of amides is 1. The Morgan fingerprint density at radius 1 is 1.33 bits per heavy atom. The Balaban J connectivity index is 2.24. The van der Waals surface area contributed by atoms with Gasteiger partial charge in [-0.1, -0.05) is 11.6 Å². The van der Waals surface area contributed by atoms with Gasteiger partial charge in [-0.2, -0.15) is 0 Å². The number of nitrogen functional groups attached to an aromatic ring is 1. The van der Waals surface area contributed by atoms with Gasteiger partial charge in [0.1, 0.15) is 11.0 Å². The number of carbonyl (C=O) groups excluding carboxylic acids is 1. The van der Waals surface area contributed by atoms with Crippen molar-refractivity contribution in [2.45, 2.75) is 0 Å². The topological polar surface area (TPSA) is 93.8 Å². The molecule has 92 valence electrons. The lowest BCUT2D eigenvalue weighted by Crippen LogP contribution is -2.15. The molecule has 0 radical (unpaired) electrons. The molecular formula is C10H7Cl2N5O. The van der Waals surface area contributed by atoms with Crippen LogP contribution in [0.3, 0.4) is 0 Å². The van der Waals surface area contributed by atoms with Crippen molar-refractivity contribution in [2.75, 3.05) is 11.1 Å². The number of hydrogen-bond donors (Lipinski definition) is 2. The minimum Gasteiger partial charge on any atom is -0.397 e. The standard InChI is InChI=1S/C10H7Cl2N5O/c11-7-3-5(6(13)4-15-7)9(18)16-8-1-2-14-10(12)17-8/h1-4H,13H2,(H,14,16,17,18). The molecule has 8 heteroatoms. The van der Waals surface area contributed by atoms with Crippen LogP contribution in [0, 0.1) is 0 Å². The summed E-state index contributed by atoms with van der Waals surface area (Å²) in [6.45, 7) is 0. The zero-order valence-electron chi connectivity index (χ0n) is 8.89. The van der Waals surface area contributed by atoms with Crippen LogP contribution in [0.2, 0.25) is 10.4 Å². The molecule has 0 aliphatic heterocycles. The summed E-state index contributed by atoms with van der Waals surface area (Å²) in [6.07, 6.45) is 2.73. The van der Waals surface area contributed by atoms with Crippen molar-refractivity contribution < 1.29 is 4.79 Å². The molecule has 0 aromatic carbocycles. The first-order valence-corrected chi connectivity index (χ1v) is 5.53. The Morgan fingerprint density at radius 3 is 2.83 bits per heavy atom. The van der Waals surface area contributed by atoms with Crippen LogP contribution in [-0.4, -0.2) is 20.9 Å². The van der Waals surface area contributed by atoms with Gasteiger partial charge in [0, 0.05) is 6.20 Å². The quantitative estimate of drug-likeness (QED) is 0.650. The van der Waals surface area contributed by atoms with Gasteiger partial charge in [-0.15, -0.1) is 0 Å². The largest absolute Gasteiger partial charge is 0.397 e. The van der Waals surface area contributed by atoms with Gasteiger partial charge in [-0.05, 0) is 23.7 Å². The number of aromatic nitrogens is 3. The summed E-state index contributed by atoms with van der Waals surface area (Å²) in [7, 11) is 0. The molecule has 0 fully saturated rings. The lowest BCUT2D eigenvalue weighted by molar-refractivity contribution is 0.102. The number of halogens is 2. The molecule has 6 nitrogen and oxygen atoms in total. The molecule has 0 saturated heterocycles. The Hall–Kier alpha value is -1.92. The number of nitrogens with one attached hydrogen (secondary N) is 1. The maximum atomic E-state index is 11.9. The van der Waals surface area contributed by atoms with Crippen molar-refractivity contribution in [3.63, 3.8) is 0 Å². The molecule has 0 atom stereocenters. The van der Waals surface area contributed by atoms with Crippen LogP contribution in [-0.2, 0) is 0 Å². The monoisotopic (exact) mass is 283 g/mol. The van der Waals surface area contributed by atoms with Crippen molar-refractivity contribution in [2.24, 2.45) is 0 Å². The van der Waals surface area contributed by atoms with Crippen molar-refractivity contribution in [3.8, 4) is 0 Å². The molecular weight excluding hydrogens is 277 g/mol. The number of nitrogens with two attached hydrogens (primary N) is 1. The highest BCUT2D eigenvalue weighted by Crippen LogP contribution is 2.16. The number of carbonyl (C=O) groups is 1. The lowest BCUT2D eigenvalue weighted by Gasteiger charge is -2.06. The van der Waals surface area contributed by atoms with E-state index in [9.17, 15) is 4.79 Å². The van der Waals surface area contributed by atoms with Crippen molar-refractivity contribution >= 4 is 40.6 Å². The van der Waals surface area contributed by atoms with Gasteiger partial charge < -0.3 is 11.1 Å². The molecule has 2 rings (SSSR count). The molecule has 2 aromatic heterocycles. The minimum atomic E-state index is -0.452. The Bertz CT molecular complexity index is 605. The summed E-state index contributed by atoms with van der Waals surface area (Å²) in [6, 6.07) is 2.87. The molecule has 0 unspecified atom stereocenters. The van der Waals surface area contributed by atoms with E-state index in [2.05, 4.69) is 20.3 Å². The van der Waals surface area contributed by atoms with Gasteiger partial charge in [-0.25, -0.2) is 15.0 Å². The summed E-state index contributed by atoms with van der Waals surface area (Å²) in [4.78, 5) is 23.2. The fraction of sp³-hybridized carbons (Fsp3) is 0. The highest BCUT2D eigenvalue weighted by Gasteiger charge is 2.12. The second-order valence-electron chi connectivity index (χ2n) is 3.26. The van der Waals surface area contributed by atoms with Gasteiger partial charge in [0.2, 0.25) is 5.28 Å². The summed E-state index contributed by atoms with van der Waals surface area (Å²) in [5, 5.41) is 2.74. The third kappa shape index (κ3) is 2.85. The highest BCUT2D eigenvalue weighted by molar-refractivity contribution is 6.30. The molecule has 2 aromatic rings. The average Bonchev–Trinajstić information content (AvgIpc) is 2.32. The molecule has 2 heterocycles. The second-order valence-corrected chi connectivity index (χ2v) is 3.98. The normalized spacial score (nSPS) is 10.1. The van der Waals surface area contributed by atoms with Crippen molar-refractivity contribution in [1.82, 2.24) is 15.0 Å². The van der Waals surface area contributed by atoms with Gasteiger partial charge in [0.25, 0.3) is 5.91 Å². The fourth-order valence-corrected chi connectivity index (χ4v) is 1.53. The predicted octanol–water partition coefficient (Wildman–Crippen LogP) is 2.01. The van der Waals surface area contributed by atoms with Crippen LogP contribution in [0.5, 0.6) is 0 Å². The van der Waals surface area contributed by atoms with Crippen LogP contribution < -0.4 is 11.1 Å². The van der Waals surface area contributed by atoms with E-state index in [1.165, 1.54) is 24.5 Å². The van der Waals surface area contributed by atoms with Gasteiger partial charge in [-0.3, -0.25) is 4.79 Å². The number of anilines is 2. The molecule has 3 N–H and O–H groups in total. The van der Waals surface area contributed by atoms with E-state index < -0.39 is 5.91 Å². The molecule has 18 heavy (non-hydrogen) atoms. The Labute approximate surface area is 112 Å². The number of nitrogens with zero attached hydrogens (tertiary/aromatic N) is 3. The van der Waals surface area contributed by atoms with E-state index >= 15 is 0 Å². The van der Waals surface area contributed by atoms with E-state index in [0.717, 1.165) is 0 Å². The number of pyridine rings is 1. The molecule has 1 amide bonds. The lowest BCUT2D eigenvalue weighted by atomic mass is 10.2. The summed E-state index contributed by atoms with van der Waals surface area (Å²) < 4.78 is 0. The van der Waals surface area contributed by atoms with E-state index in [-0.39, 0.29) is 27.5 Å².